The van der Waals surface area contributed by atoms with Gasteiger partial charge in [-0.25, -0.2) is 0 Å². The minimum absolute atomic E-state index is 0.508. The predicted octanol–water partition coefficient (Wildman–Crippen LogP) is 3.52. The Labute approximate surface area is 111 Å². The highest BCUT2D eigenvalue weighted by molar-refractivity contribution is 5.10. The molecular formula is C15H27N3. The van der Waals surface area contributed by atoms with Crippen LogP contribution < -0.4 is 5.32 Å². The molecule has 1 unspecified atom stereocenters. The zero-order chi connectivity index (χ0) is 12.8. The van der Waals surface area contributed by atoms with Gasteiger partial charge in [0.1, 0.15) is 0 Å². The molecule has 1 atom stereocenters. The summed E-state index contributed by atoms with van der Waals surface area (Å²) >= 11 is 0. The number of rotatable bonds is 7. The molecule has 0 aromatic carbocycles. The second-order valence-corrected chi connectivity index (χ2v) is 5.52. The standard InChI is InChI=1S/C15H27N3/c1-3-9-16-15(10-13-7-5-6-8-13)14-11-17-18(4-2)12-14/h11-13,15-16H,3-10H2,1-2H3. The summed E-state index contributed by atoms with van der Waals surface area (Å²) in [5.74, 6) is 0.921. The minimum atomic E-state index is 0.508. The van der Waals surface area contributed by atoms with E-state index in [1.807, 2.05) is 10.9 Å². The van der Waals surface area contributed by atoms with Gasteiger partial charge in [-0.3, -0.25) is 4.68 Å². The van der Waals surface area contributed by atoms with Crippen molar-refractivity contribution in [2.45, 2.75) is 65.0 Å². The van der Waals surface area contributed by atoms with Gasteiger partial charge in [-0.05, 0) is 32.2 Å². The van der Waals surface area contributed by atoms with Gasteiger partial charge in [0, 0.05) is 24.3 Å². The summed E-state index contributed by atoms with van der Waals surface area (Å²) in [6.45, 7) is 6.44. The molecule has 1 aromatic rings. The van der Waals surface area contributed by atoms with Crippen molar-refractivity contribution in [1.29, 1.82) is 0 Å². The van der Waals surface area contributed by atoms with Crippen LogP contribution in [-0.4, -0.2) is 16.3 Å². The first-order valence-corrected chi connectivity index (χ1v) is 7.59. The Morgan fingerprint density at radius 2 is 2.17 bits per heavy atom. The number of aromatic nitrogens is 2. The molecule has 3 heteroatoms. The number of nitrogens with one attached hydrogen (secondary N) is 1. The van der Waals surface area contributed by atoms with Crippen LogP contribution in [0.3, 0.4) is 0 Å². The van der Waals surface area contributed by atoms with Crippen molar-refractivity contribution in [3.63, 3.8) is 0 Å². The summed E-state index contributed by atoms with van der Waals surface area (Å²) in [6, 6.07) is 0.508. The van der Waals surface area contributed by atoms with Crippen LogP contribution in [0.5, 0.6) is 0 Å². The van der Waals surface area contributed by atoms with E-state index >= 15 is 0 Å². The lowest BCUT2D eigenvalue weighted by Crippen LogP contribution is -2.23. The normalized spacial score (nSPS) is 18.3. The van der Waals surface area contributed by atoms with Crippen LogP contribution in [0.4, 0.5) is 0 Å². The second-order valence-electron chi connectivity index (χ2n) is 5.52. The fraction of sp³-hybridized carbons (Fsp3) is 0.800. The number of hydrogen-bond donors (Lipinski definition) is 1. The topological polar surface area (TPSA) is 29.9 Å². The number of nitrogens with zero attached hydrogens (tertiary/aromatic N) is 2. The Balaban J connectivity index is 1.98. The SMILES string of the molecule is CCCNC(CC1CCCC1)c1cnn(CC)c1. The molecule has 1 N–H and O–H groups in total. The minimum Gasteiger partial charge on any atom is -0.310 e. The van der Waals surface area contributed by atoms with Gasteiger partial charge >= 0.3 is 0 Å². The first-order valence-electron chi connectivity index (χ1n) is 7.59. The molecule has 3 nitrogen and oxygen atoms in total. The molecule has 0 saturated heterocycles. The van der Waals surface area contributed by atoms with E-state index in [1.165, 1.54) is 44.1 Å². The van der Waals surface area contributed by atoms with Gasteiger partial charge in [0.25, 0.3) is 0 Å². The van der Waals surface area contributed by atoms with Gasteiger partial charge in [0.05, 0.1) is 6.20 Å². The van der Waals surface area contributed by atoms with Crippen LogP contribution in [0.1, 0.15) is 64.0 Å². The first kappa shape index (κ1) is 13.6. The molecule has 1 aliphatic carbocycles. The van der Waals surface area contributed by atoms with Crippen LogP contribution in [-0.2, 0) is 6.54 Å². The molecular weight excluding hydrogens is 222 g/mol. The molecule has 0 spiro atoms. The molecule has 0 radical (unpaired) electrons. The Morgan fingerprint density at radius 3 is 2.78 bits per heavy atom. The highest BCUT2D eigenvalue weighted by Gasteiger charge is 2.21. The van der Waals surface area contributed by atoms with Crippen molar-refractivity contribution in [3.8, 4) is 0 Å². The van der Waals surface area contributed by atoms with E-state index in [1.54, 1.807) is 0 Å². The van der Waals surface area contributed by atoms with Crippen molar-refractivity contribution >= 4 is 0 Å². The summed E-state index contributed by atoms with van der Waals surface area (Å²) in [4.78, 5) is 0. The summed E-state index contributed by atoms with van der Waals surface area (Å²) in [7, 11) is 0. The Kier molecular flexibility index (Phi) is 5.24. The van der Waals surface area contributed by atoms with Crippen LogP contribution in [0, 0.1) is 5.92 Å². The van der Waals surface area contributed by atoms with E-state index < -0.39 is 0 Å². The number of hydrogen-bond acceptors (Lipinski definition) is 2. The molecule has 102 valence electrons. The summed E-state index contributed by atoms with van der Waals surface area (Å²) in [5.41, 5.74) is 1.37. The summed E-state index contributed by atoms with van der Waals surface area (Å²) < 4.78 is 2.03. The summed E-state index contributed by atoms with van der Waals surface area (Å²) in [5, 5.41) is 8.11. The molecule has 1 saturated carbocycles. The molecule has 18 heavy (non-hydrogen) atoms. The van der Waals surface area contributed by atoms with E-state index in [9.17, 15) is 0 Å². The molecule has 0 bridgehead atoms. The maximum Gasteiger partial charge on any atom is 0.0537 e. The molecule has 1 fully saturated rings. The van der Waals surface area contributed by atoms with Crippen molar-refractivity contribution < 1.29 is 0 Å². The zero-order valence-electron chi connectivity index (χ0n) is 11.9. The van der Waals surface area contributed by atoms with Crippen molar-refractivity contribution in [2.24, 2.45) is 5.92 Å². The predicted molar refractivity (Wildman–Crippen MR) is 75.5 cm³/mol. The van der Waals surface area contributed by atoms with Crippen LogP contribution in [0.15, 0.2) is 12.4 Å². The molecule has 0 amide bonds. The van der Waals surface area contributed by atoms with Gasteiger partial charge in [0.2, 0.25) is 0 Å². The lowest BCUT2D eigenvalue weighted by atomic mass is 9.95. The monoisotopic (exact) mass is 249 g/mol. The van der Waals surface area contributed by atoms with Gasteiger partial charge in [-0.1, -0.05) is 32.6 Å². The zero-order valence-corrected chi connectivity index (χ0v) is 11.9. The van der Waals surface area contributed by atoms with Crippen molar-refractivity contribution in [3.05, 3.63) is 18.0 Å². The molecule has 1 aliphatic rings. The quantitative estimate of drug-likeness (QED) is 0.801. The average Bonchev–Trinajstić information content (AvgIpc) is 3.05. The lowest BCUT2D eigenvalue weighted by molar-refractivity contribution is 0.395. The molecule has 2 rings (SSSR count). The van der Waals surface area contributed by atoms with Gasteiger partial charge in [-0.15, -0.1) is 0 Å². The Hall–Kier alpha value is -0.830. The maximum atomic E-state index is 4.41. The molecule has 0 aliphatic heterocycles. The van der Waals surface area contributed by atoms with Gasteiger partial charge in [0.15, 0.2) is 0 Å². The van der Waals surface area contributed by atoms with E-state index in [4.69, 9.17) is 0 Å². The largest absolute Gasteiger partial charge is 0.310 e. The summed E-state index contributed by atoms with van der Waals surface area (Å²) in [6.07, 6.45) is 12.4. The second kappa shape index (κ2) is 6.93. The fourth-order valence-electron chi connectivity index (χ4n) is 2.97. The van der Waals surface area contributed by atoms with Crippen molar-refractivity contribution in [1.82, 2.24) is 15.1 Å². The maximum absolute atomic E-state index is 4.41. The third-order valence-corrected chi connectivity index (χ3v) is 4.06. The van der Waals surface area contributed by atoms with Gasteiger partial charge in [-0.2, -0.15) is 5.10 Å². The van der Waals surface area contributed by atoms with E-state index in [-0.39, 0.29) is 0 Å². The Bertz CT molecular complexity index is 339. The van der Waals surface area contributed by atoms with E-state index in [2.05, 4.69) is 30.5 Å². The lowest BCUT2D eigenvalue weighted by Gasteiger charge is -2.20. The highest BCUT2D eigenvalue weighted by Crippen LogP contribution is 2.32. The van der Waals surface area contributed by atoms with E-state index in [0.29, 0.717) is 6.04 Å². The Morgan fingerprint density at radius 1 is 1.39 bits per heavy atom. The van der Waals surface area contributed by atoms with E-state index in [0.717, 1.165) is 19.0 Å². The van der Waals surface area contributed by atoms with Crippen LogP contribution in [0.2, 0.25) is 0 Å². The number of aryl methyl sites for hydroxylation is 1. The first-order chi connectivity index (χ1) is 8.83. The third-order valence-electron chi connectivity index (χ3n) is 4.06. The fourth-order valence-corrected chi connectivity index (χ4v) is 2.97. The smallest absolute Gasteiger partial charge is 0.0537 e. The van der Waals surface area contributed by atoms with Gasteiger partial charge < -0.3 is 5.32 Å². The van der Waals surface area contributed by atoms with Crippen LogP contribution in [0.25, 0.3) is 0 Å². The average molecular weight is 249 g/mol. The van der Waals surface area contributed by atoms with Crippen LogP contribution >= 0.6 is 0 Å². The van der Waals surface area contributed by atoms with Crippen molar-refractivity contribution in [2.75, 3.05) is 6.54 Å². The third kappa shape index (κ3) is 3.58. The molecule has 1 aromatic heterocycles. The molecule has 1 heterocycles. The highest BCUT2D eigenvalue weighted by atomic mass is 15.3.